The minimum atomic E-state index is 0.549. The molecule has 13 heavy (non-hydrogen) atoms. The molecule has 1 nitrogen and oxygen atoms in total. The summed E-state index contributed by atoms with van der Waals surface area (Å²) in [5.41, 5.74) is 1.41. The summed E-state index contributed by atoms with van der Waals surface area (Å²) in [6.07, 6.45) is 1.11. The summed E-state index contributed by atoms with van der Waals surface area (Å²) < 4.78 is 0. The van der Waals surface area contributed by atoms with Crippen LogP contribution in [0.3, 0.4) is 0 Å². The van der Waals surface area contributed by atoms with Gasteiger partial charge in [-0.15, -0.1) is 11.8 Å². The molecule has 0 aliphatic carbocycles. The Morgan fingerprint density at radius 2 is 2.00 bits per heavy atom. The molecule has 1 unspecified atom stereocenters. The zero-order chi connectivity index (χ0) is 9.52. The van der Waals surface area contributed by atoms with Crippen LogP contribution in [0.5, 0.6) is 0 Å². The van der Waals surface area contributed by atoms with Gasteiger partial charge in [-0.05, 0) is 24.8 Å². The zero-order valence-electron chi connectivity index (χ0n) is 8.29. The number of thioether (sulfide) groups is 1. The monoisotopic (exact) mass is 195 g/mol. The van der Waals surface area contributed by atoms with E-state index in [2.05, 4.69) is 42.6 Å². The number of hydrogen-bond acceptors (Lipinski definition) is 2. The molecule has 0 aromatic heterocycles. The van der Waals surface area contributed by atoms with Gasteiger partial charge in [0.05, 0.1) is 5.37 Å². The van der Waals surface area contributed by atoms with Crippen LogP contribution in [-0.4, -0.2) is 18.2 Å². The van der Waals surface area contributed by atoms with Gasteiger partial charge in [-0.3, -0.25) is 0 Å². The lowest BCUT2D eigenvalue weighted by molar-refractivity contribution is 0.736. The normalized spacial score (nSPS) is 12.8. The van der Waals surface area contributed by atoms with Crippen LogP contribution in [0.25, 0.3) is 0 Å². The molecule has 0 aliphatic rings. The molecule has 0 aliphatic heterocycles. The van der Waals surface area contributed by atoms with Gasteiger partial charge in [0.1, 0.15) is 0 Å². The second-order valence-corrected chi connectivity index (χ2v) is 4.40. The maximum atomic E-state index is 3.31. The lowest BCUT2D eigenvalue weighted by Crippen LogP contribution is -2.24. The molecule has 1 aromatic rings. The van der Waals surface area contributed by atoms with E-state index in [0.717, 1.165) is 6.42 Å². The highest BCUT2D eigenvalue weighted by Crippen LogP contribution is 2.13. The van der Waals surface area contributed by atoms with Gasteiger partial charge in [0.2, 0.25) is 0 Å². The average molecular weight is 195 g/mol. The summed E-state index contributed by atoms with van der Waals surface area (Å²) in [6, 6.07) is 10.6. The van der Waals surface area contributed by atoms with Crippen LogP contribution in [0.1, 0.15) is 12.5 Å². The maximum absolute atomic E-state index is 3.31. The number of likely N-dealkylation sites (N-methyl/N-ethyl adjacent to an activating group) is 1. The molecular weight excluding hydrogens is 178 g/mol. The zero-order valence-corrected chi connectivity index (χ0v) is 9.10. The molecule has 0 bridgehead atoms. The summed E-state index contributed by atoms with van der Waals surface area (Å²) in [5, 5.41) is 3.86. The van der Waals surface area contributed by atoms with Crippen molar-refractivity contribution in [2.24, 2.45) is 0 Å². The minimum Gasteiger partial charge on any atom is -0.308 e. The van der Waals surface area contributed by atoms with Crippen molar-refractivity contribution in [2.75, 3.05) is 12.8 Å². The lowest BCUT2D eigenvalue weighted by atomic mass is 10.1. The maximum Gasteiger partial charge on any atom is 0.0570 e. The molecule has 0 saturated carbocycles. The van der Waals surface area contributed by atoms with Crippen molar-refractivity contribution in [2.45, 2.75) is 18.7 Å². The quantitative estimate of drug-likeness (QED) is 0.725. The van der Waals surface area contributed by atoms with Crippen molar-refractivity contribution in [3.8, 4) is 0 Å². The Balaban J connectivity index is 2.46. The topological polar surface area (TPSA) is 12.0 Å². The van der Waals surface area contributed by atoms with E-state index in [0.29, 0.717) is 5.37 Å². The smallest absolute Gasteiger partial charge is 0.0570 e. The summed E-state index contributed by atoms with van der Waals surface area (Å²) >= 11 is 1.96. The van der Waals surface area contributed by atoms with E-state index in [1.54, 1.807) is 0 Å². The summed E-state index contributed by atoms with van der Waals surface area (Å²) in [6.45, 7) is 2.19. The first-order chi connectivity index (χ1) is 6.36. The Labute approximate surface area is 84.9 Å². The third kappa shape index (κ3) is 3.83. The van der Waals surface area contributed by atoms with Crippen molar-refractivity contribution in [1.82, 2.24) is 5.32 Å². The van der Waals surface area contributed by atoms with Crippen LogP contribution in [0.2, 0.25) is 0 Å². The van der Waals surface area contributed by atoms with Gasteiger partial charge >= 0.3 is 0 Å². The average Bonchev–Trinajstić information content (AvgIpc) is 2.19. The van der Waals surface area contributed by atoms with E-state index in [9.17, 15) is 0 Å². The Kier molecular flexibility index (Phi) is 4.94. The Hall–Kier alpha value is -0.470. The van der Waals surface area contributed by atoms with Gasteiger partial charge in [-0.1, -0.05) is 37.3 Å². The largest absolute Gasteiger partial charge is 0.308 e. The summed E-state index contributed by atoms with van der Waals surface area (Å²) in [7, 11) is 2.02. The minimum absolute atomic E-state index is 0.549. The molecule has 2 heteroatoms. The molecule has 0 amide bonds. The lowest BCUT2D eigenvalue weighted by Gasteiger charge is -2.14. The van der Waals surface area contributed by atoms with E-state index < -0.39 is 0 Å². The van der Waals surface area contributed by atoms with Crippen LogP contribution >= 0.6 is 11.8 Å². The van der Waals surface area contributed by atoms with Crippen molar-refractivity contribution >= 4 is 11.8 Å². The van der Waals surface area contributed by atoms with Crippen molar-refractivity contribution < 1.29 is 0 Å². The van der Waals surface area contributed by atoms with Crippen molar-refractivity contribution in [1.29, 1.82) is 0 Å². The van der Waals surface area contributed by atoms with Gasteiger partial charge in [0.25, 0.3) is 0 Å². The first kappa shape index (κ1) is 10.6. The molecule has 1 N–H and O–H groups in total. The molecular formula is C11H17NS. The first-order valence-electron chi connectivity index (χ1n) is 4.69. The first-order valence-corrected chi connectivity index (χ1v) is 5.74. The SMILES string of the molecule is CCSC(Cc1ccccc1)NC. The highest BCUT2D eigenvalue weighted by atomic mass is 32.2. The fraction of sp³-hybridized carbons (Fsp3) is 0.455. The molecule has 0 spiro atoms. The molecule has 0 radical (unpaired) electrons. The van der Waals surface area contributed by atoms with Crippen LogP contribution in [0.4, 0.5) is 0 Å². The van der Waals surface area contributed by atoms with Gasteiger partial charge in [0, 0.05) is 0 Å². The number of nitrogens with one attached hydrogen (secondary N) is 1. The number of rotatable bonds is 5. The highest BCUT2D eigenvalue weighted by Gasteiger charge is 2.04. The van der Waals surface area contributed by atoms with Crippen molar-refractivity contribution in [3.63, 3.8) is 0 Å². The van der Waals surface area contributed by atoms with E-state index in [-0.39, 0.29) is 0 Å². The Morgan fingerprint density at radius 1 is 1.31 bits per heavy atom. The van der Waals surface area contributed by atoms with E-state index in [4.69, 9.17) is 0 Å². The molecule has 0 saturated heterocycles. The van der Waals surface area contributed by atoms with E-state index >= 15 is 0 Å². The second-order valence-electron chi connectivity index (χ2n) is 2.92. The fourth-order valence-electron chi connectivity index (χ4n) is 1.27. The Bertz CT molecular complexity index is 223. The fourth-order valence-corrected chi connectivity index (χ4v) is 2.15. The van der Waals surface area contributed by atoms with Gasteiger partial charge in [-0.25, -0.2) is 0 Å². The standard InChI is InChI=1S/C11H17NS/c1-3-13-11(12-2)9-10-7-5-4-6-8-10/h4-8,11-12H,3,9H2,1-2H3. The van der Waals surface area contributed by atoms with Gasteiger partial charge < -0.3 is 5.32 Å². The number of hydrogen-bond donors (Lipinski definition) is 1. The predicted octanol–water partition coefficient (Wildman–Crippen LogP) is 2.53. The third-order valence-electron chi connectivity index (χ3n) is 1.95. The van der Waals surface area contributed by atoms with Gasteiger partial charge in [0.15, 0.2) is 0 Å². The third-order valence-corrected chi connectivity index (χ3v) is 3.09. The summed E-state index contributed by atoms with van der Waals surface area (Å²) in [4.78, 5) is 0. The molecule has 1 aromatic carbocycles. The predicted molar refractivity (Wildman–Crippen MR) is 61.1 cm³/mol. The van der Waals surface area contributed by atoms with E-state index in [1.165, 1.54) is 11.3 Å². The second kappa shape index (κ2) is 6.06. The van der Waals surface area contributed by atoms with Crippen molar-refractivity contribution in [3.05, 3.63) is 35.9 Å². The van der Waals surface area contributed by atoms with Crippen LogP contribution < -0.4 is 5.32 Å². The molecule has 1 rings (SSSR count). The molecule has 1 atom stereocenters. The van der Waals surface area contributed by atoms with Crippen LogP contribution in [-0.2, 0) is 6.42 Å². The Morgan fingerprint density at radius 3 is 2.54 bits per heavy atom. The van der Waals surface area contributed by atoms with Crippen LogP contribution in [0, 0.1) is 0 Å². The van der Waals surface area contributed by atoms with E-state index in [1.807, 2.05) is 18.8 Å². The molecule has 0 fully saturated rings. The molecule has 72 valence electrons. The number of benzene rings is 1. The van der Waals surface area contributed by atoms with Gasteiger partial charge in [-0.2, -0.15) is 0 Å². The summed E-state index contributed by atoms with van der Waals surface area (Å²) in [5.74, 6) is 1.17. The highest BCUT2D eigenvalue weighted by molar-refractivity contribution is 7.99. The van der Waals surface area contributed by atoms with Crippen LogP contribution in [0.15, 0.2) is 30.3 Å². The molecule has 0 heterocycles.